The van der Waals surface area contributed by atoms with Crippen LogP contribution in [0.4, 0.5) is 0 Å². The number of rotatable bonds is 5. The van der Waals surface area contributed by atoms with Crippen molar-refractivity contribution in [3.8, 4) is 0 Å². The molecular formula is C9H17NO3S. The van der Waals surface area contributed by atoms with E-state index in [4.69, 9.17) is 9.84 Å². The molecule has 1 saturated heterocycles. The molecule has 1 amide bonds. The van der Waals surface area contributed by atoms with Gasteiger partial charge in [0.1, 0.15) is 0 Å². The molecular weight excluding hydrogens is 202 g/mol. The SMILES string of the molecule is O=C(CSCCCO)N1CCOCC1. The van der Waals surface area contributed by atoms with Crippen LogP contribution in [0.25, 0.3) is 0 Å². The van der Waals surface area contributed by atoms with E-state index in [-0.39, 0.29) is 12.5 Å². The predicted octanol–water partition coefficient (Wildman–Crippen LogP) is -0.0392. The Morgan fingerprint density at radius 3 is 2.79 bits per heavy atom. The zero-order valence-corrected chi connectivity index (χ0v) is 9.09. The molecule has 0 spiro atoms. The summed E-state index contributed by atoms with van der Waals surface area (Å²) >= 11 is 1.59. The molecule has 0 aromatic heterocycles. The van der Waals surface area contributed by atoms with Gasteiger partial charge in [0.25, 0.3) is 0 Å². The number of thioether (sulfide) groups is 1. The Balaban J connectivity index is 2.07. The molecule has 0 unspecified atom stereocenters. The van der Waals surface area contributed by atoms with E-state index in [1.165, 1.54) is 0 Å². The van der Waals surface area contributed by atoms with E-state index in [0.29, 0.717) is 19.0 Å². The number of nitrogens with zero attached hydrogens (tertiary/aromatic N) is 1. The number of aliphatic hydroxyl groups is 1. The Labute approximate surface area is 88.6 Å². The third-order valence-electron chi connectivity index (χ3n) is 2.04. The summed E-state index contributed by atoms with van der Waals surface area (Å²) < 4.78 is 5.16. The van der Waals surface area contributed by atoms with Crippen molar-refractivity contribution in [2.75, 3.05) is 44.4 Å². The van der Waals surface area contributed by atoms with Crippen LogP contribution in [-0.4, -0.2) is 60.3 Å². The fourth-order valence-electron chi connectivity index (χ4n) is 1.23. The first-order valence-electron chi connectivity index (χ1n) is 4.88. The largest absolute Gasteiger partial charge is 0.396 e. The van der Waals surface area contributed by atoms with Crippen LogP contribution in [0.15, 0.2) is 0 Å². The summed E-state index contributed by atoms with van der Waals surface area (Å²) in [4.78, 5) is 13.4. The van der Waals surface area contributed by atoms with Crippen LogP contribution in [0.5, 0.6) is 0 Å². The maximum Gasteiger partial charge on any atom is 0.232 e. The molecule has 4 nitrogen and oxygen atoms in total. The lowest BCUT2D eigenvalue weighted by Crippen LogP contribution is -2.41. The summed E-state index contributed by atoms with van der Waals surface area (Å²) in [6.07, 6.45) is 0.765. The molecule has 5 heteroatoms. The van der Waals surface area contributed by atoms with E-state index in [9.17, 15) is 4.79 Å². The minimum absolute atomic E-state index is 0.191. The second-order valence-corrected chi connectivity index (χ2v) is 4.23. The van der Waals surface area contributed by atoms with E-state index >= 15 is 0 Å². The Bertz CT molecular complexity index is 171. The normalized spacial score (nSPS) is 17.1. The predicted molar refractivity (Wildman–Crippen MR) is 56.4 cm³/mol. The molecule has 0 aromatic carbocycles. The van der Waals surface area contributed by atoms with Crippen molar-refractivity contribution in [3.05, 3.63) is 0 Å². The summed E-state index contributed by atoms with van der Waals surface area (Å²) in [6.45, 7) is 2.97. The van der Waals surface area contributed by atoms with Gasteiger partial charge < -0.3 is 14.7 Å². The number of carbonyl (C=O) groups excluding carboxylic acids is 1. The maximum absolute atomic E-state index is 11.5. The highest BCUT2D eigenvalue weighted by atomic mass is 32.2. The number of hydrogen-bond acceptors (Lipinski definition) is 4. The molecule has 1 N–H and O–H groups in total. The van der Waals surface area contributed by atoms with Gasteiger partial charge in [-0.1, -0.05) is 0 Å². The van der Waals surface area contributed by atoms with Crippen molar-refractivity contribution >= 4 is 17.7 Å². The van der Waals surface area contributed by atoms with E-state index in [0.717, 1.165) is 25.3 Å². The first kappa shape index (κ1) is 11.8. The van der Waals surface area contributed by atoms with Crippen molar-refractivity contribution < 1.29 is 14.6 Å². The van der Waals surface area contributed by atoms with Crippen molar-refractivity contribution in [2.45, 2.75) is 6.42 Å². The molecule has 0 radical (unpaired) electrons. The molecule has 1 rings (SSSR count). The van der Waals surface area contributed by atoms with Crippen LogP contribution in [0, 0.1) is 0 Å². The highest BCUT2D eigenvalue weighted by Gasteiger charge is 2.15. The Kier molecular flexibility index (Phi) is 5.98. The Morgan fingerprint density at radius 2 is 2.14 bits per heavy atom. The Morgan fingerprint density at radius 1 is 1.43 bits per heavy atom. The molecule has 1 fully saturated rings. The molecule has 1 aliphatic heterocycles. The van der Waals surface area contributed by atoms with Crippen LogP contribution in [0.3, 0.4) is 0 Å². The second kappa shape index (κ2) is 7.09. The summed E-state index contributed by atoms with van der Waals surface area (Å²) in [5.41, 5.74) is 0. The molecule has 1 heterocycles. The molecule has 0 atom stereocenters. The molecule has 0 aromatic rings. The van der Waals surface area contributed by atoms with E-state index in [1.807, 2.05) is 4.90 Å². The van der Waals surface area contributed by atoms with Gasteiger partial charge in [-0.05, 0) is 12.2 Å². The first-order chi connectivity index (χ1) is 6.84. The monoisotopic (exact) mass is 219 g/mol. The maximum atomic E-state index is 11.5. The second-order valence-electron chi connectivity index (χ2n) is 3.12. The summed E-state index contributed by atoms with van der Waals surface area (Å²) in [5, 5.41) is 8.55. The molecule has 0 aliphatic carbocycles. The van der Waals surface area contributed by atoms with Gasteiger partial charge in [-0.2, -0.15) is 11.8 Å². The standard InChI is InChI=1S/C9H17NO3S/c11-4-1-7-14-8-9(12)10-2-5-13-6-3-10/h11H,1-8H2. The third-order valence-corrected chi connectivity index (χ3v) is 3.06. The summed E-state index contributed by atoms with van der Waals surface area (Å²) in [5.74, 6) is 1.57. The summed E-state index contributed by atoms with van der Waals surface area (Å²) in [6, 6.07) is 0. The first-order valence-corrected chi connectivity index (χ1v) is 6.04. The van der Waals surface area contributed by atoms with Crippen LogP contribution in [0.2, 0.25) is 0 Å². The highest BCUT2D eigenvalue weighted by molar-refractivity contribution is 7.99. The third kappa shape index (κ3) is 4.30. The minimum atomic E-state index is 0.191. The quantitative estimate of drug-likeness (QED) is 0.659. The van der Waals surface area contributed by atoms with Crippen molar-refractivity contribution in [3.63, 3.8) is 0 Å². The lowest BCUT2D eigenvalue weighted by molar-refractivity contribution is -0.132. The van der Waals surface area contributed by atoms with Gasteiger partial charge in [0.05, 0.1) is 19.0 Å². The number of amides is 1. The number of aliphatic hydroxyl groups excluding tert-OH is 1. The smallest absolute Gasteiger partial charge is 0.232 e. The lowest BCUT2D eigenvalue weighted by Gasteiger charge is -2.26. The van der Waals surface area contributed by atoms with Crippen molar-refractivity contribution in [1.29, 1.82) is 0 Å². The van der Waals surface area contributed by atoms with Gasteiger partial charge in [-0.15, -0.1) is 0 Å². The zero-order valence-electron chi connectivity index (χ0n) is 8.28. The highest BCUT2D eigenvalue weighted by Crippen LogP contribution is 2.06. The number of morpholine rings is 1. The fraction of sp³-hybridized carbons (Fsp3) is 0.889. The lowest BCUT2D eigenvalue weighted by atomic mass is 10.4. The average molecular weight is 219 g/mol. The van der Waals surface area contributed by atoms with E-state index in [1.54, 1.807) is 11.8 Å². The number of hydrogen-bond donors (Lipinski definition) is 1. The minimum Gasteiger partial charge on any atom is -0.396 e. The van der Waals surface area contributed by atoms with Crippen molar-refractivity contribution in [1.82, 2.24) is 4.90 Å². The summed E-state index contributed by atoms with van der Waals surface area (Å²) in [7, 11) is 0. The van der Waals surface area contributed by atoms with Gasteiger partial charge in [0, 0.05) is 19.7 Å². The Hall–Kier alpha value is -0.260. The molecule has 1 aliphatic rings. The fourth-order valence-corrected chi connectivity index (χ4v) is 2.06. The van der Waals surface area contributed by atoms with Crippen LogP contribution in [-0.2, 0) is 9.53 Å². The van der Waals surface area contributed by atoms with Crippen LogP contribution in [0.1, 0.15) is 6.42 Å². The van der Waals surface area contributed by atoms with Gasteiger partial charge in [-0.25, -0.2) is 0 Å². The number of ether oxygens (including phenoxy) is 1. The average Bonchev–Trinajstić information content (AvgIpc) is 2.25. The topological polar surface area (TPSA) is 49.8 Å². The van der Waals surface area contributed by atoms with E-state index in [2.05, 4.69) is 0 Å². The van der Waals surface area contributed by atoms with Gasteiger partial charge >= 0.3 is 0 Å². The molecule has 0 saturated carbocycles. The van der Waals surface area contributed by atoms with Crippen LogP contribution < -0.4 is 0 Å². The van der Waals surface area contributed by atoms with E-state index < -0.39 is 0 Å². The van der Waals surface area contributed by atoms with Gasteiger partial charge in [0.2, 0.25) is 5.91 Å². The van der Waals surface area contributed by atoms with Gasteiger partial charge in [-0.3, -0.25) is 4.79 Å². The molecule has 0 bridgehead atoms. The molecule has 14 heavy (non-hydrogen) atoms. The van der Waals surface area contributed by atoms with Crippen molar-refractivity contribution in [2.24, 2.45) is 0 Å². The molecule has 82 valence electrons. The number of carbonyl (C=O) groups is 1. The zero-order chi connectivity index (χ0) is 10.2. The van der Waals surface area contributed by atoms with Crippen LogP contribution >= 0.6 is 11.8 Å². The van der Waals surface area contributed by atoms with Gasteiger partial charge in [0.15, 0.2) is 0 Å².